The number of hydrogen-bond donors (Lipinski definition) is 0. The molecule has 7 nitrogen and oxygen atoms in total. The standard InChI is InChI=1S/C18H19F2N3O4/c1-22(11-15-21-5-6-23(15)18(19)20)16(24)4-3-12-9-13(25-2)17-14(10-12)26-7-8-27-17/h3-6,9-10,18H,7-8,11H2,1-2H3/b4-3+. The predicted octanol–water partition coefficient (Wildman–Crippen LogP) is 2.73. The Balaban J connectivity index is 1.71. The van der Waals surface area contributed by atoms with Gasteiger partial charge in [-0.1, -0.05) is 0 Å². The summed E-state index contributed by atoms with van der Waals surface area (Å²) in [6.07, 6.45) is 5.40. The number of aromatic nitrogens is 2. The average molecular weight is 379 g/mol. The maximum atomic E-state index is 12.9. The lowest BCUT2D eigenvalue weighted by Crippen LogP contribution is -2.26. The molecule has 0 atom stereocenters. The van der Waals surface area contributed by atoms with Crippen LogP contribution in [0.2, 0.25) is 0 Å². The number of ether oxygens (including phenoxy) is 3. The van der Waals surface area contributed by atoms with Gasteiger partial charge in [-0.2, -0.15) is 8.78 Å². The molecule has 0 saturated carbocycles. The summed E-state index contributed by atoms with van der Waals surface area (Å²) in [5, 5.41) is 0. The fourth-order valence-electron chi connectivity index (χ4n) is 2.62. The summed E-state index contributed by atoms with van der Waals surface area (Å²) in [5.74, 6) is 1.33. The number of halogens is 2. The fourth-order valence-corrected chi connectivity index (χ4v) is 2.62. The summed E-state index contributed by atoms with van der Waals surface area (Å²) in [7, 11) is 3.03. The Labute approximate surface area is 154 Å². The molecule has 3 rings (SSSR count). The lowest BCUT2D eigenvalue weighted by molar-refractivity contribution is -0.125. The van der Waals surface area contributed by atoms with Gasteiger partial charge >= 0.3 is 6.55 Å². The molecule has 1 amide bonds. The van der Waals surface area contributed by atoms with Crippen LogP contribution in [0.4, 0.5) is 8.78 Å². The number of rotatable bonds is 6. The molecule has 2 aromatic rings. The number of alkyl halides is 2. The van der Waals surface area contributed by atoms with Gasteiger partial charge in [0.05, 0.1) is 13.7 Å². The minimum absolute atomic E-state index is 0.0367. The first kappa shape index (κ1) is 18.7. The second kappa shape index (κ2) is 8.07. The van der Waals surface area contributed by atoms with Gasteiger partial charge in [0, 0.05) is 25.5 Å². The van der Waals surface area contributed by atoms with Gasteiger partial charge in [-0.15, -0.1) is 0 Å². The Morgan fingerprint density at radius 1 is 1.41 bits per heavy atom. The van der Waals surface area contributed by atoms with Crippen LogP contribution in [0.5, 0.6) is 17.2 Å². The van der Waals surface area contributed by atoms with Crippen molar-refractivity contribution in [2.45, 2.75) is 13.1 Å². The van der Waals surface area contributed by atoms with Crippen molar-refractivity contribution in [3.05, 3.63) is 42.0 Å². The van der Waals surface area contributed by atoms with E-state index in [4.69, 9.17) is 14.2 Å². The minimum atomic E-state index is -2.70. The van der Waals surface area contributed by atoms with Gasteiger partial charge in [0.15, 0.2) is 11.5 Å². The van der Waals surface area contributed by atoms with E-state index in [1.807, 2.05) is 0 Å². The zero-order chi connectivity index (χ0) is 19.4. The molecule has 2 heterocycles. The van der Waals surface area contributed by atoms with E-state index in [1.54, 1.807) is 18.2 Å². The van der Waals surface area contributed by atoms with E-state index in [-0.39, 0.29) is 18.3 Å². The molecule has 144 valence electrons. The van der Waals surface area contributed by atoms with Gasteiger partial charge in [-0.3, -0.25) is 9.36 Å². The van der Waals surface area contributed by atoms with Crippen LogP contribution >= 0.6 is 0 Å². The summed E-state index contributed by atoms with van der Waals surface area (Å²) < 4.78 is 42.8. The highest BCUT2D eigenvalue weighted by Gasteiger charge is 2.18. The number of hydrogen-bond acceptors (Lipinski definition) is 5. The number of nitrogens with zero attached hydrogens (tertiary/aromatic N) is 3. The number of benzene rings is 1. The van der Waals surface area contributed by atoms with Gasteiger partial charge in [0.25, 0.3) is 0 Å². The second-order valence-corrected chi connectivity index (χ2v) is 5.80. The number of carbonyl (C=O) groups is 1. The third-order valence-electron chi connectivity index (χ3n) is 3.98. The van der Waals surface area contributed by atoms with Crippen molar-refractivity contribution in [1.82, 2.24) is 14.5 Å². The molecular formula is C18H19F2N3O4. The van der Waals surface area contributed by atoms with Crippen LogP contribution in [0.15, 0.2) is 30.6 Å². The van der Waals surface area contributed by atoms with Crippen LogP contribution in [0.25, 0.3) is 6.08 Å². The largest absolute Gasteiger partial charge is 0.493 e. The Morgan fingerprint density at radius 2 is 2.19 bits per heavy atom. The van der Waals surface area contributed by atoms with E-state index in [0.29, 0.717) is 36.0 Å². The normalized spacial score (nSPS) is 13.2. The van der Waals surface area contributed by atoms with Crippen LogP contribution in [0.3, 0.4) is 0 Å². The van der Waals surface area contributed by atoms with Gasteiger partial charge < -0.3 is 19.1 Å². The van der Waals surface area contributed by atoms with E-state index in [1.165, 1.54) is 37.5 Å². The summed E-state index contributed by atoms with van der Waals surface area (Å²) in [4.78, 5) is 17.5. The maximum absolute atomic E-state index is 12.9. The lowest BCUT2D eigenvalue weighted by Gasteiger charge is -2.21. The Hall–Kier alpha value is -3.10. The molecule has 0 unspecified atom stereocenters. The van der Waals surface area contributed by atoms with Crippen molar-refractivity contribution in [1.29, 1.82) is 0 Å². The molecule has 9 heteroatoms. The number of likely N-dealkylation sites (N-methyl/N-ethyl adjacent to an activating group) is 1. The molecule has 1 aliphatic rings. The summed E-state index contributed by atoms with van der Waals surface area (Å²) >= 11 is 0. The van der Waals surface area contributed by atoms with Gasteiger partial charge in [0.1, 0.15) is 19.0 Å². The zero-order valence-corrected chi connectivity index (χ0v) is 14.9. The first-order valence-corrected chi connectivity index (χ1v) is 8.20. The summed E-state index contributed by atoms with van der Waals surface area (Å²) in [6, 6.07) is 3.46. The number of carbonyl (C=O) groups excluding carboxylic acids is 1. The number of methoxy groups -OCH3 is 1. The quantitative estimate of drug-likeness (QED) is 0.722. The van der Waals surface area contributed by atoms with E-state index < -0.39 is 6.55 Å². The molecule has 0 N–H and O–H groups in total. The number of amides is 1. The topological polar surface area (TPSA) is 65.8 Å². The Kier molecular flexibility index (Phi) is 5.58. The highest BCUT2D eigenvalue weighted by Crippen LogP contribution is 2.40. The van der Waals surface area contributed by atoms with Crippen LogP contribution < -0.4 is 14.2 Å². The molecule has 1 aromatic heterocycles. The van der Waals surface area contributed by atoms with Crippen LogP contribution in [-0.2, 0) is 11.3 Å². The van der Waals surface area contributed by atoms with Gasteiger partial charge in [-0.25, -0.2) is 4.98 Å². The molecule has 1 aromatic carbocycles. The van der Waals surface area contributed by atoms with Crippen molar-refractivity contribution < 1.29 is 27.8 Å². The van der Waals surface area contributed by atoms with Crippen LogP contribution in [0.1, 0.15) is 17.9 Å². The summed E-state index contributed by atoms with van der Waals surface area (Å²) in [6.45, 7) is -1.87. The second-order valence-electron chi connectivity index (χ2n) is 5.80. The van der Waals surface area contributed by atoms with Crippen molar-refractivity contribution in [3.63, 3.8) is 0 Å². The third-order valence-corrected chi connectivity index (χ3v) is 3.98. The van der Waals surface area contributed by atoms with E-state index in [0.717, 1.165) is 4.57 Å². The third kappa shape index (κ3) is 4.18. The van der Waals surface area contributed by atoms with E-state index in [9.17, 15) is 13.6 Å². The molecule has 27 heavy (non-hydrogen) atoms. The van der Waals surface area contributed by atoms with E-state index in [2.05, 4.69) is 4.98 Å². The molecule has 0 spiro atoms. The monoisotopic (exact) mass is 379 g/mol. The smallest absolute Gasteiger partial charge is 0.319 e. The first-order valence-electron chi connectivity index (χ1n) is 8.20. The lowest BCUT2D eigenvalue weighted by atomic mass is 10.1. The SMILES string of the molecule is COc1cc(/C=C/C(=O)N(C)Cc2nccn2C(F)F)cc2c1OCCO2. The zero-order valence-electron chi connectivity index (χ0n) is 14.9. The van der Waals surface area contributed by atoms with Crippen LogP contribution in [-0.4, -0.2) is 47.7 Å². The first-order chi connectivity index (χ1) is 13.0. The van der Waals surface area contributed by atoms with Crippen molar-refractivity contribution >= 4 is 12.0 Å². The Morgan fingerprint density at radius 3 is 2.93 bits per heavy atom. The molecule has 0 radical (unpaired) electrons. The molecular weight excluding hydrogens is 360 g/mol. The van der Waals surface area contributed by atoms with Gasteiger partial charge in [-0.05, 0) is 23.8 Å². The summed E-state index contributed by atoms with van der Waals surface area (Å²) in [5.41, 5.74) is 0.687. The van der Waals surface area contributed by atoms with Crippen LogP contribution in [0, 0.1) is 0 Å². The van der Waals surface area contributed by atoms with E-state index >= 15 is 0 Å². The van der Waals surface area contributed by atoms with Crippen molar-refractivity contribution in [2.75, 3.05) is 27.4 Å². The number of imidazole rings is 1. The van der Waals surface area contributed by atoms with Crippen molar-refractivity contribution in [2.24, 2.45) is 0 Å². The fraction of sp³-hybridized carbons (Fsp3) is 0.333. The maximum Gasteiger partial charge on any atom is 0.319 e. The van der Waals surface area contributed by atoms with Crippen molar-refractivity contribution in [3.8, 4) is 17.2 Å². The molecule has 0 aliphatic carbocycles. The molecule has 1 aliphatic heterocycles. The highest BCUT2D eigenvalue weighted by molar-refractivity contribution is 5.91. The predicted molar refractivity (Wildman–Crippen MR) is 93.0 cm³/mol. The average Bonchev–Trinajstić information content (AvgIpc) is 3.13. The molecule has 0 saturated heterocycles. The molecule has 0 fully saturated rings. The highest BCUT2D eigenvalue weighted by atomic mass is 19.3. The minimum Gasteiger partial charge on any atom is -0.493 e. The number of fused-ring (bicyclic) bond motifs is 1. The van der Waals surface area contributed by atoms with Gasteiger partial charge in [0.2, 0.25) is 11.7 Å². The molecule has 0 bridgehead atoms. The Bertz CT molecular complexity index is 834.